The topological polar surface area (TPSA) is 111 Å². The van der Waals surface area contributed by atoms with E-state index in [1.165, 1.54) is 13.0 Å². The molecule has 0 heterocycles. The summed E-state index contributed by atoms with van der Waals surface area (Å²) in [5, 5.41) is 12.0. The van der Waals surface area contributed by atoms with Crippen molar-refractivity contribution in [3.05, 3.63) is 22.7 Å². The minimum atomic E-state index is -1.28. The van der Waals surface area contributed by atoms with Crippen LogP contribution in [0.5, 0.6) is 5.75 Å². The first kappa shape index (κ1) is 19.2. The number of nitrogen functional groups attached to an aromatic ring is 1. The van der Waals surface area contributed by atoms with E-state index in [0.717, 1.165) is 4.47 Å². The summed E-state index contributed by atoms with van der Waals surface area (Å²) in [6, 6.07) is 3.44. The molecule has 0 radical (unpaired) electrons. The van der Waals surface area contributed by atoms with Crippen LogP contribution in [-0.2, 0) is 9.53 Å². The molecule has 0 aliphatic heterocycles. The van der Waals surface area contributed by atoms with Crippen molar-refractivity contribution in [2.45, 2.75) is 45.4 Å². The van der Waals surface area contributed by atoms with Gasteiger partial charge in [-0.15, -0.1) is 0 Å². The molecule has 0 saturated carbocycles. The Bertz CT molecular complexity index is 584. The first-order chi connectivity index (χ1) is 10.5. The number of anilines is 1. The molecule has 0 aromatic heterocycles. The van der Waals surface area contributed by atoms with Gasteiger partial charge in [-0.3, -0.25) is 0 Å². The maximum Gasteiger partial charge on any atom is 0.408 e. The molecule has 1 amide bonds. The van der Waals surface area contributed by atoms with Gasteiger partial charge in [0, 0.05) is 4.47 Å². The van der Waals surface area contributed by atoms with Gasteiger partial charge in [0.1, 0.15) is 5.60 Å². The van der Waals surface area contributed by atoms with Gasteiger partial charge in [-0.1, -0.05) is 15.9 Å². The van der Waals surface area contributed by atoms with E-state index >= 15 is 0 Å². The van der Waals surface area contributed by atoms with Crippen LogP contribution in [0.2, 0.25) is 0 Å². The zero-order valence-electron chi connectivity index (χ0n) is 13.4. The third kappa shape index (κ3) is 6.45. The number of ether oxygens (including phenoxy) is 2. The van der Waals surface area contributed by atoms with Crippen LogP contribution in [0.1, 0.15) is 27.7 Å². The van der Waals surface area contributed by atoms with Gasteiger partial charge in [-0.25, -0.2) is 9.59 Å². The maximum absolute atomic E-state index is 12.2. The molecular weight excluding hydrogens is 368 g/mol. The highest BCUT2D eigenvalue weighted by atomic mass is 79.9. The van der Waals surface area contributed by atoms with E-state index in [-0.39, 0.29) is 11.4 Å². The molecule has 0 fully saturated rings. The van der Waals surface area contributed by atoms with Gasteiger partial charge >= 0.3 is 12.1 Å². The molecule has 0 aliphatic rings. The summed E-state index contributed by atoms with van der Waals surface area (Å²) in [5.41, 5.74) is 5.26. The van der Waals surface area contributed by atoms with Gasteiger partial charge in [-0.2, -0.15) is 0 Å². The number of nitrogens with one attached hydrogen (secondary N) is 1. The highest BCUT2D eigenvalue weighted by molar-refractivity contribution is 9.10. The van der Waals surface area contributed by atoms with Gasteiger partial charge in [0.25, 0.3) is 0 Å². The van der Waals surface area contributed by atoms with Crippen LogP contribution in [0.4, 0.5) is 10.5 Å². The zero-order chi connectivity index (χ0) is 17.8. The number of aliphatic hydroxyl groups excluding tert-OH is 1. The second kappa shape index (κ2) is 7.65. The number of esters is 1. The quantitative estimate of drug-likeness (QED) is 0.414. The Hall–Kier alpha value is -1.80. The lowest BCUT2D eigenvalue weighted by molar-refractivity contribution is -0.139. The van der Waals surface area contributed by atoms with Crippen LogP contribution < -0.4 is 15.8 Å². The van der Waals surface area contributed by atoms with Gasteiger partial charge in [-0.05, 0) is 45.9 Å². The van der Waals surface area contributed by atoms with E-state index in [1.807, 2.05) is 0 Å². The van der Waals surface area contributed by atoms with Gasteiger partial charge < -0.3 is 25.6 Å². The van der Waals surface area contributed by atoms with Crippen LogP contribution in [0.15, 0.2) is 22.7 Å². The number of benzene rings is 1. The predicted octanol–water partition coefficient (Wildman–Crippen LogP) is 2.21. The SMILES string of the molecule is C[C@@H](O)[C@H](NC(=O)OC(C)(C)C)C(=O)Oc1ccc(Br)cc1N. The third-order valence-electron chi connectivity index (χ3n) is 2.59. The van der Waals surface area contributed by atoms with Crippen molar-refractivity contribution in [3.8, 4) is 5.75 Å². The molecule has 1 aromatic rings. The second-order valence-corrected chi connectivity index (χ2v) is 6.88. The summed E-state index contributed by atoms with van der Waals surface area (Å²) in [6.45, 7) is 6.41. The van der Waals surface area contributed by atoms with E-state index in [4.69, 9.17) is 15.2 Å². The van der Waals surface area contributed by atoms with Crippen LogP contribution >= 0.6 is 15.9 Å². The molecule has 128 valence electrons. The van der Waals surface area contributed by atoms with Gasteiger partial charge in [0.05, 0.1) is 11.8 Å². The highest BCUT2D eigenvalue weighted by Crippen LogP contribution is 2.25. The van der Waals surface area contributed by atoms with Crippen molar-refractivity contribution in [3.63, 3.8) is 0 Å². The summed E-state index contributed by atoms with van der Waals surface area (Å²) in [6.07, 6.45) is -2.00. The number of hydrogen-bond donors (Lipinski definition) is 3. The molecule has 0 aliphatic carbocycles. The number of halogens is 1. The first-order valence-electron chi connectivity index (χ1n) is 6.94. The van der Waals surface area contributed by atoms with Crippen molar-refractivity contribution in [2.75, 3.05) is 5.73 Å². The molecule has 8 heteroatoms. The standard InChI is InChI=1S/C15H21BrN2O5/c1-8(19)12(18-14(21)23-15(2,3)4)13(20)22-11-6-5-9(16)7-10(11)17/h5-8,12,19H,17H2,1-4H3,(H,18,21)/t8-,12+/m1/s1. The second-order valence-electron chi connectivity index (χ2n) is 5.97. The molecule has 4 N–H and O–H groups in total. The van der Waals surface area contributed by atoms with Crippen LogP contribution in [0.3, 0.4) is 0 Å². The van der Waals surface area contributed by atoms with Crippen molar-refractivity contribution >= 4 is 33.7 Å². The van der Waals surface area contributed by atoms with Gasteiger partial charge in [0.15, 0.2) is 11.8 Å². The first-order valence-corrected chi connectivity index (χ1v) is 7.73. The van der Waals surface area contributed by atoms with E-state index in [9.17, 15) is 14.7 Å². The average Bonchev–Trinajstić information content (AvgIpc) is 2.36. The Morgan fingerprint density at radius 2 is 1.96 bits per heavy atom. The number of alkyl carbamates (subject to hydrolysis) is 1. The Kier molecular flexibility index (Phi) is 6.40. The van der Waals surface area contributed by atoms with Crippen molar-refractivity contribution in [1.29, 1.82) is 0 Å². The Morgan fingerprint density at radius 3 is 2.43 bits per heavy atom. The van der Waals surface area contributed by atoms with E-state index in [2.05, 4.69) is 21.2 Å². The maximum atomic E-state index is 12.2. The fourth-order valence-corrected chi connectivity index (χ4v) is 1.97. The number of amides is 1. The average molecular weight is 389 g/mol. The Labute approximate surface area is 143 Å². The molecule has 0 unspecified atom stereocenters. The van der Waals surface area contributed by atoms with Crippen molar-refractivity contribution in [1.82, 2.24) is 5.32 Å². The number of aliphatic hydroxyl groups is 1. The highest BCUT2D eigenvalue weighted by Gasteiger charge is 2.30. The van der Waals surface area contributed by atoms with Crippen LogP contribution in [0, 0.1) is 0 Å². The number of nitrogens with two attached hydrogens (primary N) is 1. The summed E-state index contributed by atoms with van der Waals surface area (Å²) < 4.78 is 10.9. The van der Waals surface area contributed by atoms with Crippen molar-refractivity contribution in [2.24, 2.45) is 0 Å². The summed E-state index contributed by atoms with van der Waals surface area (Å²) in [5.74, 6) is -0.713. The summed E-state index contributed by atoms with van der Waals surface area (Å²) in [7, 11) is 0. The number of carbonyl (C=O) groups excluding carboxylic acids is 2. The molecule has 0 spiro atoms. The monoisotopic (exact) mass is 388 g/mol. The molecule has 7 nitrogen and oxygen atoms in total. The van der Waals surface area contributed by atoms with E-state index in [1.54, 1.807) is 32.9 Å². The lowest BCUT2D eigenvalue weighted by atomic mass is 10.2. The lowest BCUT2D eigenvalue weighted by Crippen LogP contribution is -2.50. The zero-order valence-corrected chi connectivity index (χ0v) is 15.0. The van der Waals surface area contributed by atoms with E-state index in [0.29, 0.717) is 0 Å². The van der Waals surface area contributed by atoms with Crippen LogP contribution in [0.25, 0.3) is 0 Å². The lowest BCUT2D eigenvalue weighted by Gasteiger charge is -2.24. The molecule has 2 atom stereocenters. The minimum Gasteiger partial charge on any atom is -0.444 e. The molecule has 1 rings (SSSR count). The fraction of sp³-hybridized carbons (Fsp3) is 0.467. The number of rotatable bonds is 4. The van der Waals surface area contributed by atoms with Crippen LogP contribution in [-0.4, -0.2) is 34.9 Å². The molecule has 0 bridgehead atoms. The van der Waals surface area contributed by atoms with E-state index < -0.39 is 29.8 Å². The molecule has 23 heavy (non-hydrogen) atoms. The predicted molar refractivity (Wildman–Crippen MR) is 89.0 cm³/mol. The summed E-state index contributed by atoms with van der Waals surface area (Å²) in [4.78, 5) is 23.9. The third-order valence-corrected chi connectivity index (χ3v) is 3.08. The molecule has 0 saturated heterocycles. The van der Waals surface area contributed by atoms with Crippen molar-refractivity contribution < 1.29 is 24.2 Å². The number of carbonyl (C=O) groups is 2. The molecule has 1 aromatic carbocycles. The largest absolute Gasteiger partial charge is 0.444 e. The molecular formula is C15H21BrN2O5. The smallest absolute Gasteiger partial charge is 0.408 e. The van der Waals surface area contributed by atoms with Gasteiger partial charge in [0.2, 0.25) is 0 Å². The Balaban J connectivity index is 2.81. The fourth-order valence-electron chi connectivity index (χ4n) is 1.60. The minimum absolute atomic E-state index is 0.134. The normalized spacial score (nSPS) is 13.8. The Morgan fingerprint density at radius 1 is 1.35 bits per heavy atom. The number of hydrogen-bond acceptors (Lipinski definition) is 6. The summed E-state index contributed by atoms with van der Waals surface area (Å²) >= 11 is 3.24.